The van der Waals surface area contributed by atoms with Crippen molar-refractivity contribution in [2.24, 2.45) is 5.92 Å². The van der Waals surface area contributed by atoms with E-state index in [0.717, 1.165) is 31.2 Å². The van der Waals surface area contributed by atoms with E-state index in [1.54, 1.807) is 0 Å². The Hall–Kier alpha value is -3.40. The Labute approximate surface area is 228 Å². The minimum Gasteiger partial charge on any atom is -0.494 e. The second-order valence-electron chi connectivity index (χ2n) is 10.9. The van der Waals surface area contributed by atoms with Gasteiger partial charge >= 0.3 is 0 Å². The van der Waals surface area contributed by atoms with Crippen LogP contribution in [-0.2, 0) is 6.54 Å². The van der Waals surface area contributed by atoms with Crippen LogP contribution in [0, 0.1) is 12.0 Å². The SMILES string of the molecule is CN(C)Cc1ccccc1-c1cc[c]cc1-c1ccc(-c2ccc(OCCC3CCN(C)CC3)cc2)cc1. The number of hydrogen-bond donors (Lipinski definition) is 0. The fraction of sp³-hybridized carbons (Fsp3) is 0.314. The molecular formula is C35H39N2O. The number of benzene rings is 4. The summed E-state index contributed by atoms with van der Waals surface area (Å²) in [6.07, 6.45) is 3.73. The Bertz CT molecular complexity index is 1300. The topological polar surface area (TPSA) is 15.7 Å². The summed E-state index contributed by atoms with van der Waals surface area (Å²) in [4.78, 5) is 4.64. The maximum atomic E-state index is 6.07. The van der Waals surface area contributed by atoms with Gasteiger partial charge in [0.25, 0.3) is 0 Å². The van der Waals surface area contributed by atoms with E-state index in [1.807, 2.05) is 6.07 Å². The van der Waals surface area contributed by atoms with Crippen LogP contribution in [0.4, 0.5) is 0 Å². The van der Waals surface area contributed by atoms with Crippen LogP contribution >= 0.6 is 0 Å². The number of rotatable bonds is 9. The molecule has 3 nitrogen and oxygen atoms in total. The molecule has 5 rings (SSSR count). The van der Waals surface area contributed by atoms with Crippen LogP contribution in [0.5, 0.6) is 5.75 Å². The largest absolute Gasteiger partial charge is 0.494 e. The molecule has 195 valence electrons. The van der Waals surface area contributed by atoms with Gasteiger partial charge in [-0.05, 0) is 123 Å². The summed E-state index contributed by atoms with van der Waals surface area (Å²) in [5, 5.41) is 0. The van der Waals surface area contributed by atoms with Crippen LogP contribution in [0.2, 0.25) is 0 Å². The van der Waals surface area contributed by atoms with Crippen LogP contribution in [0.1, 0.15) is 24.8 Å². The molecule has 1 radical (unpaired) electrons. The number of hydrogen-bond acceptors (Lipinski definition) is 3. The van der Waals surface area contributed by atoms with E-state index in [-0.39, 0.29) is 0 Å². The molecule has 0 atom stereocenters. The predicted octanol–water partition coefficient (Wildman–Crippen LogP) is 7.66. The van der Waals surface area contributed by atoms with E-state index in [2.05, 4.69) is 122 Å². The highest BCUT2D eigenvalue weighted by atomic mass is 16.5. The van der Waals surface area contributed by atoms with Gasteiger partial charge in [0, 0.05) is 6.54 Å². The summed E-state index contributed by atoms with van der Waals surface area (Å²) in [5.74, 6) is 1.76. The van der Waals surface area contributed by atoms with Crippen molar-refractivity contribution in [3.05, 3.63) is 103 Å². The van der Waals surface area contributed by atoms with Gasteiger partial charge in [-0.1, -0.05) is 72.8 Å². The maximum Gasteiger partial charge on any atom is 0.119 e. The van der Waals surface area contributed by atoms with E-state index in [1.165, 1.54) is 64.9 Å². The van der Waals surface area contributed by atoms with Crippen molar-refractivity contribution in [1.82, 2.24) is 9.80 Å². The Morgan fingerprint density at radius 1 is 0.789 bits per heavy atom. The third-order valence-electron chi connectivity index (χ3n) is 7.67. The van der Waals surface area contributed by atoms with Gasteiger partial charge in [-0.25, -0.2) is 0 Å². The van der Waals surface area contributed by atoms with Crippen molar-refractivity contribution in [1.29, 1.82) is 0 Å². The molecule has 1 fully saturated rings. The van der Waals surface area contributed by atoms with Crippen molar-refractivity contribution < 1.29 is 4.74 Å². The lowest BCUT2D eigenvalue weighted by molar-refractivity contribution is 0.187. The van der Waals surface area contributed by atoms with Gasteiger partial charge < -0.3 is 14.5 Å². The Balaban J connectivity index is 1.27. The summed E-state index contributed by atoms with van der Waals surface area (Å²) in [6.45, 7) is 4.14. The van der Waals surface area contributed by atoms with Crippen molar-refractivity contribution in [2.75, 3.05) is 40.8 Å². The molecule has 0 unspecified atom stereocenters. The molecule has 0 spiro atoms. The molecule has 0 bridgehead atoms. The molecule has 4 aromatic carbocycles. The normalized spacial score (nSPS) is 14.6. The summed E-state index contributed by atoms with van der Waals surface area (Å²) < 4.78 is 6.07. The standard InChI is InChI=1S/C35H39N2O/c1-36(2)26-31-8-4-5-10-34(31)35-11-7-6-9-33(35)30-14-12-28(13-15-30)29-16-18-32(19-17-29)38-25-22-27-20-23-37(3)24-21-27/h4-5,7-19,27H,20-26H2,1-3H3. The fourth-order valence-electron chi connectivity index (χ4n) is 5.45. The first kappa shape index (κ1) is 26.2. The highest BCUT2D eigenvalue weighted by molar-refractivity contribution is 5.85. The van der Waals surface area contributed by atoms with Crippen LogP contribution < -0.4 is 4.74 Å². The van der Waals surface area contributed by atoms with Crippen molar-refractivity contribution in [3.63, 3.8) is 0 Å². The molecule has 0 saturated carbocycles. The lowest BCUT2D eigenvalue weighted by Gasteiger charge is -2.28. The van der Waals surface area contributed by atoms with Gasteiger partial charge in [0.05, 0.1) is 6.61 Å². The molecular weight excluding hydrogens is 464 g/mol. The zero-order chi connectivity index (χ0) is 26.3. The summed E-state index contributed by atoms with van der Waals surface area (Å²) in [6, 6.07) is 35.7. The lowest BCUT2D eigenvalue weighted by atomic mass is 9.91. The molecule has 1 aliphatic heterocycles. The number of nitrogens with zero attached hydrogens (tertiary/aromatic N) is 2. The molecule has 0 N–H and O–H groups in total. The fourth-order valence-corrected chi connectivity index (χ4v) is 5.45. The molecule has 4 aromatic rings. The first-order valence-corrected chi connectivity index (χ1v) is 13.8. The van der Waals surface area contributed by atoms with Crippen LogP contribution in [0.25, 0.3) is 33.4 Å². The van der Waals surface area contributed by atoms with Gasteiger partial charge in [0.2, 0.25) is 0 Å². The second-order valence-corrected chi connectivity index (χ2v) is 10.9. The molecule has 1 heterocycles. The molecule has 0 aromatic heterocycles. The number of ether oxygens (including phenoxy) is 1. The first-order chi connectivity index (χ1) is 18.6. The van der Waals surface area contributed by atoms with E-state index in [4.69, 9.17) is 4.74 Å². The average Bonchev–Trinajstić information content (AvgIpc) is 2.95. The summed E-state index contributed by atoms with van der Waals surface area (Å²) in [7, 11) is 6.45. The van der Waals surface area contributed by atoms with E-state index in [0.29, 0.717) is 0 Å². The van der Waals surface area contributed by atoms with Gasteiger partial charge in [0.15, 0.2) is 0 Å². The molecule has 0 amide bonds. The number of piperidine rings is 1. The second kappa shape index (κ2) is 12.4. The lowest BCUT2D eigenvalue weighted by Crippen LogP contribution is -2.30. The number of likely N-dealkylation sites (tertiary alicyclic amines) is 1. The van der Waals surface area contributed by atoms with Crippen molar-refractivity contribution in [2.45, 2.75) is 25.8 Å². The smallest absolute Gasteiger partial charge is 0.119 e. The molecule has 0 aliphatic carbocycles. The molecule has 38 heavy (non-hydrogen) atoms. The molecule has 3 heteroatoms. The summed E-state index contributed by atoms with van der Waals surface area (Å²) in [5.41, 5.74) is 8.68. The minimum atomic E-state index is 0.799. The zero-order valence-electron chi connectivity index (χ0n) is 23.0. The maximum absolute atomic E-state index is 6.07. The highest BCUT2D eigenvalue weighted by Gasteiger charge is 2.16. The molecule has 1 saturated heterocycles. The zero-order valence-corrected chi connectivity index (χ0v) is 23.0. The first-order valence-electron chi connectivity index (χ1n) is 13.8. The van der Waals surface area contributed by atoms with E-state index < -0.39 is 0 Å². The van der Waals surface area contributed by atoms with Crippen LogP contribution in [0.15, 0.2) is 91.0 Å². The monoisotopic (exact) mass is 503 g/mol. The minimum absolute atomic E-state index is 0.799. The predicted molar refractivity (Wildman–Crippen MR) is 159 cm³/mol. The van der Waals surface area contributed by atoms with Gasteiger partial charge in [0.1, 0.15) is 5.75 Å². The van der Waals surface area contributed by atoms with Gasteiger partial charge in [-0.3, -0.25) is 0 Å². The van der Waals surface area contributed by atoms with Crippen molar-refractivity contribution in [3.8, 4) is 39.1 Å². The van der Waals surface area contributed by atoms with Crippen molar-refractivity contribution >= 4 is 0 Å². The van der Waals surface area contributed by atoms with Crippen LogP contribution in [0.3, 0.4) is 0 Å². The van der Waals surface area contributed by atoms with Gasteiger partial charge in [-0.2, -0.15) is 0 Å². The Morgan fingerprint density at radius 3 is 2.16 bits per heavy atom. The van der Waals surface area contributed by atoms with Crippen LogP contribution in [-0.4, -0.2) is 50.6 Å². The summed E-state index contributed by atoms with van der Waals surface area (Å²) >= 11 is 0. The average molecular weight is 504 g/mol. The Kier molecular flexibility index (Phi) is 8.58. The third-order valence-corrected chi connectivity index (χ3v) is 7.67. The van der Waals surface area contributed by atoms with Gasteiger partial charge in [-0.15, -0.1) is 0 Å². The Morgan fingerprint density at radius 2 is 1.45 bits per heavy atom. The third kappa shape index (κ3) is 6.53. The quantitative estimate of drug-likeness (QED) is 0.233. The highest BCUT2D eigenvalue weighted by Crippen LogP contribution is 2.35. The van der Waals surface area contributed by atoms with E-state index in [9.17, 15) is 0 Å². The molecule has 1 aliphatic rings. The van der Waals surface area contributed by atoms with E-state index >= 15 is 0 Å².